The maximum absolute atomic E-state index is 13.4. The lowest BCUT2D eigenvalue weighted by Gasteiger charge is -2.11. The quantitative estimate of drug-likeness (QED) is 0.180. The minimum absolute atomic E-state index is 0.217. The predicted molar refractivity (Wildman–Crippen MR) is 146 cm³/mol. The molecule has 0 aliphatic rings. The van der Waals surface area contributed by atoms with Crippen LogP contribution in [0.5, 0.6) is 5.75 Å². The first kappa shape index (κ1) is 24.7. The largest absolute Gasteiger partial charge is 0.487 e. The van der Waals surface area contributed by atoms with Crippen LogP contribution < -0.4 is 15.4 Å². The number of pyridine rings is 1. The van der Waals surface area contributed by atoms with E-state index >= 15 is 0 Å². The Kier molecular flexibility index (Phi) is 7.87. The van der Waals surface area contributed by atoms with Crippen LogP contribution in [0.2, 0.25) is 5.02 Å². The number of rotatable bonds is 8. The van der Waals surface area contributed by atoms with E-state index in [1.54, 1.807) is 36.7 Å². The Hall–Kier alpha value is -4.03. The normalized spacial score (nSPS) is 10.6. The molecule has 37 heavy (non-hydrogen) atoms. The molecule has 3 heterocycles. The third kappa shape index (κ3) is 6.60. The molecule has 9 heteroatoms. The van der Waals surface area contributed by atoms with Crippen LogP contribution in [0.4, 0.5) is 15.9 Å². The molecule has 0 bridgehead atoms. The van der Waals surface area contributed by atoms with Crippen LogP contribution in [0, 0.1) is 17.7 Å². The molecule has 0 spiro atoms. The number of nitrogens with zero attached hydrogens (tertiary/aromatic N) is 3. The summed E-state index contributed by atoms with van der Waals surface area (Å²) in [5.41, 5.74) is 3.46. The highest BCUT2D eigenvalue weighted by Crippen LogP contribution is 2.33. The molecule has 0 saturated heterocycles. The smallest absolute Gasteiger partial charge is 0.151 e. The fourth-order valence-corrected chi connectivity index (χ4v) is 4.69. The van der Waals surface area contributed by atoms with E-state index in [0.29, 0.717) is 23.1 Å². The molecule has 0 atom stereocenters. The van der Waals surface area contributed by atoms with E-state index in [0.717, 1.165) is 38.5 Å². The maximum Gasteiger partial charge on any atom is 0.151 e. The highest BCUT2D eigenvalue weighted by atomic mass is 35.5. The van der Waals surface area contributed by atoms with Crippen molar-refractivity contribution in [3.05, 3.63) is 106 Å². The minimum atomic E-state index is -0.302. The highest BCUT2D eigenvalue weighted by Gasteiger charge is 2.10. The van der Waals surface area contributed by atoms with Gasteiger partial charge in [0.15, 0.2) is 5.82 Å². The predicted octanol–water partition coefficient (Wildman–Crippen LogP) is 6.34. The number of hydrogen-bond donors (Lipinski definition) is 2. The number of hydrogen-bond acceptors (Lipinski definition) is 7. The average Bonchev–Trinajstić information content (AvgIpc) is 3.33. The summed E-state index contributed by atoms with van der Waals surface area (Å²) in [5, 5.41) is 7.05. The van der Waals surface area contributed by atoms with Crippen LogP contribution in [-0.2, 0) is 13.2 Å². The van der Waals surface area contributed by atoms with Gasteiger partial charge in [-0.3, -0.25) is 4.98 Å². The standard InChI is InChI=1S/C28H21ClFN5OS/c29-24-14-22(6-7-26(24)36-17-20-3-1-4-21(30)13-20)35-28-27-25(33-18-34-28)15-23(37-27)5-2-10-32-16-19-8-11-31-12-9-19/h1,3-4,6-9,11-15,18,32H,10,16-17H2,(H,33,34,35). The monoisotopic (exact) mass is 529 g/mol. The van der Waals surface area contributed by atoms with Gasteiger partial charge in [0, 0.05) is 24.6 Å². The third-order valence-corrected chi connectivity index (χ3v) is 6.63. The number of thiophene rings is 1. The maximum atomic E-state index is 13.4. The fraction of sp³-hybridized carbons (Fsp3) is 0.107. The summed E-state index contributed by atoms with van der Waals surface area (Å²) >= 11 is 7.97. The summed E-state index contributed by atoms with van der Waals surface area (Å²) in [5.74, 6) is 7.23. The van der Waals surface area contributed by atoms with Gasteiger partial charge in [0.2, 0.25) is 0 Å². The van der Waals surface area contributed by atoms with Gasteiger partial charge in [0.1, 0.15) is 24.5 Å². The first-order chi connectivity index (χ1) is 18.1. The van der Waals surface area contributed by atoms with Gasteiger partial charge in [0.25, 0.3) is 0 Å². The Balaban J connectivity index is 1.23. The van der Waals surface area contributed by atoms with E-state index in [1.807, 2.05) is 24.3 Å². The van der Waals surface area contributed by atoms with E-state index < -0.39 is 0 Å². The zero-order chi connectivity index (χ0) is 25.5. The van der Waals surface area contributed by atoms with Crippen molar-refractivity contribution in [3.63, 3.8) is 0 Å². The van der Waals surface area contributed by atoms with Crippen LogP contribution in [0.1, 0.15) is 16.0 Å². The zero-order valence-electron chi connectivity index (χ0n) is 19.5. The van der Waals surface area contributed by atoms with Crippen molar-refractivity contribution in [2.24, 2.45) is 0 Å². The van der Waals surface area contributed by atoms with Crippen molar-refractivity contribution in [2.75, 3.05) is 11.9 Å². The lowest BCUT2D eigenvalue weighted by Crippen LogP contribution is -2.13. The number of nitrogens with one attached hydrogen (secondary N) is 2. The van der Waals surface area contributed by atoms with E-state index in [2.05, 4.69) is 37.4 Å². The van der Waals surface area contributed by atoms with Gasteiger partial charge in [-0.15, -0.1) is 11.3 Å². The second-order valence-electron chi connectivity index (χ2n) is 8.00. The molecule has 0 aliphatic heterocycles. The minimum Gasteiger partial charge on any atom is -0.487 e. The number of ether oxygens (including phenoxy) is 1. The van der Waals surface area contributed by atoms with E-state index in [4.69, 9.17) is 16.3 Å². The second-order valence-corrected chi connectivity index (χ2v) is 9.46. The number of aromatic nitrogens is 3. The van der Waals surface area contributed by atoms with Crippen LogP contribution in [0.15, 0.2) is 79.4 Å². The van der Waals surface area contributed by atoms with Crippen molar-refractivity contribution >= 4 is 44.7 Å². The van der Waals surface area contributed by atoms with Crippen molar-refractivity contribution in [2.45, 2.75) is 13.2 Å². The molecule has 0 saturated carbocycles. The summed E-state index contributed by atoms with van der Waals surface area (Å²) < 4.78 is 20.0. The summed E-state index contributed by atoms with van der Waals surface area (Å²) in [6.45, 7) is 1.52. The van der Waals surface area contributed by atoms with Gasteiger partial charge in [-0.05, 0) is 59.7 Å². The lowest BCUT2D eigenvalue weighted by molar-refractivity contribution is 0.306. The first-order valence-electron chi connectivity index (χ1n) is 11.4. The molecule has 184 valence electrons. The summed E-state index contributed by atoms with van der Waals surface area (Å²) in [7, 11) is 0. The van der Waals surface area contributed by atoms with Gasteiger partial charge in [-0.1, -0.05) is 35.6 Å². The first-order valence-corrected chi connectivity index (χ1v) is 12.6. The molecule has 0 fully saturated rings. The van der Waals surface area contributed by atoms with Crippen molar-refractivity contribution < 1.29 is 9.13 Å². The van der Waals surface area contributed by atoms with Crippen molar-refractivity contribution in [1.29, 1.82) is 0 Å². The summed E-state index contributed by atoms with van der Waals surface area (Å²) in [6, 6.07) is 17.6. The van der Waals surface area contributed by atoms with E-state index in [9.17, 15) is 4.39 Å². The van der Waals surface area contributed by atoms with Gasteiger partial charge < -0.3 is 15.4 Å². The lowest BCUT2D eigenvalue weighted by atomic mass is 10.2. The van der Waals surface area contributed by atoms with E-state index in [1.165, 1.54) is 29.8 Å². The number of anilines is 2. The van der Waals surface area contributed by atoms with Crippen molar-refractivity contribution in [3.8, 4) is 17.6 Å². The molecule has 0 amide bonds. The van der Waals surface area contributed by atoms with Gasteiger partial charge >= 0.3 is 0 Å². The molecule has 5 aromatic rings. The van der Waals surface area contributed by atoms with E-state index in [-0.39, 0.29) is 12.4 Å². The Bertz CT molecular complexity index is 1580. The van der Waals surface area contributed by atoms with Crippen LogP contribution >= 0.6 is 22.9 Å². The summed E-state index contributed by atoms with van der Waals surface area (Å²) in [6.07, 6.45) is 5.07. The molecule has 6 nitrogen and oxygen atoms in total. The Morgan fingerprint density at radius 2 is 1.89 bits per heavy atom. The van der Waals surface area contributed by atoms with Gasteiger partial charge in [-0.25, -0.2) is 14.4 Å². The second kappa shape index (κ2) is 11.8. The van der Waals surface area contributed by atoms with Crippen LogP contribution in [-0.4, -0.2) is 21.5 Å². The van der Waals surface area contributed by atoms with Gasteiger partial charge in [0.05, 0.1) is 26.7 Å². The SMILES string of the molecule is Fc1cccc(COc2ccc(Nc3ncnc4cc(C#CCNCc5ccncc5)sc34)cc2Cl)c1. The Labute approximate surface area is 222 Å². The molecular formula is C28H21ClFN5OS. The Morgan fingerprint density at radius 3 is 2.73 bits per heavy atom. The van der Waals surface area contributed by atoms with Crippen LogP contribution in [0.25, 0.3) is 10.2 Å². The highest BCUT2D eigenvalue weighted by molar-refractivity contribution is 7.20. The van der Waals surface area contributed by atoms with Gasteiger partial charge in [-0.2, -0.15) is 0 Å². The molecule has 2 N–H and O–H groups in total. The zero-order valence-corrected chi connectivity index (χ0v) is 21.1. The topological polar surface area (TPSA) is 72.0 Å². The molecular weight excluding hydrogens is 509 g/mol. The fourth-order valence-electron chi connectivity index (χ4n) is 3.53. The Morgan fingerprint density at radius 1 is 1.00 bits per heavy atom. The number of fused-ring (bicyclic) bond motifs is 1. The molecule has 0 radical (unpaired) electrons. The summed E-state index contributed by atoms with van der Waals surface area (Å²) in [4.78, 5) is 13.7. The average molecular weight is 530 g/mol. The third-order valence-electron chi connectivity index (χ3n) is 5.29. The van der Waals surface area contributed by atoms with Crippen molar-refractivity contribution in [1.82, 2.24) is 20.3 Å². The molecule has 2 aromatic carbocycles. The van der Waals surface area contributed by atoms with Crippen LogP contribution in [0.3, 0.4) is 0 Å². The molecule has 0 unspecified atom stereocenters. The molecule has 5 rings (SSSR count). The molecule has 3 aromatic heterocycles. The number of halogens is 2. The number of benzene rings is 2. The molecule has 0 aliphatic carbocycles.